The van der Waals surface area contributed by atoms with E-state index in [0.717, 1.165) is 16.8 Å². The van der Waals surface area contributed by atoms with Crippen molar-refractivity contribution >= 4 is 12.0 Å². The maximum absolute atomic E-state index is 12.3. The first-order valence-corrected chi connectivity index (χ1v) is 10.1. The van der Waals surface area contributed by atoms with E-state index in [9.17, 15) is 4.79 Å². The van der Waals surface area contributed by atoms with Crippen molar-refractivity contribution in [2.75, 3.05) is 0 Å². The third-order valence-corrected chi connectivity index (χ3v) is 5.46. The van der Waals surface area contributed by atoms with Gasteiger partial charge in [-0.05, 0) is 74.8 Å². The van der Waals surface area contributed by atoms with E-state index in [1.807, 2.05) is 32.1 Å². The molecule has 0 saturated heterocycles. The van der Waals surface area contributed by atoms with E-state index < -0.39 is 5.97 Å². The van der Waals surface area contributed by atoms with Gasteiger partial charge in [0.2, 0.25) is 5.82 Å². The van der Waals surface area contributed by atoms with Crippen LogP contribution in [0.5, 0.6) is 5.75 Å². The molecule has 1 aromatic heterocycles. The van der Waals surface area contributed by atoms with Crippen molar-refractivity contribution in [1.29, 1.82) is 0 Å². The molecular weight excluding hydrogens is 360 g/mol. The quantitative estimate of drug-likeness (QED) is 0.364. The average molecular weight is 391 g/mol. The van der Waals surface area contributed by atoms with Crippen molar-refractivity contribution in [3.05, 3.63) is 76.4 Å². The molecule has 152 valence electrons. The van der Waals surface area contributed by atoms with Gasteiger partial charge in [0.1, 0.15) is 5.75 Å². The SMILES string of the molecule is CC(C=CC1=C(C)CCCC1(C)C)=Cc1cnc(C(=O)Oc2ccc(C)cc2)[nH]1. The van der Waals surface area contributed by atoms with Gasteiger partial charge in [-0.15, -0.1) is 0 Å². The van der Waals surface area contributed by atoms with E-state index >= 15 is 0 Å². The lowest BCUT2D eigenvalue weighted by atomic mass is 9.72. The van der Waals surface area contributed by atoms with Crippen LogP contribution in [0.15, 0.2) is 59.3 Å². The second kappa shape index (κ2) is 8.64. The van der Waals surface area contributed by atoms with Crippen LogP contribution in [0, 0.1) is 12.3 Å². The summed E-state index contributed by atoms with van der Waals surface area (Å²) in [5, 5.41) is 0. The van der Waals surface area contributed by atoms with Gasteiger partial charge in [0.15, 0.2) is 0 Å². The molecule has 1 heterocycles. The van der Waals surface area contributed by atoms with Crippen molar-refractivity contribution in [2.24, 2.45) is 5.41 Å². The third-order valence-electron chi connectivity index (χ3n) is 5.46. The molecule has 4 nitrogen and oxygen atoms in total. The van der Waals surface area contributed by atoms with Crippen molar-refractivity contribution in [2.45, 2.75) is 53.9 Å². The smallest absolute Gasteiger partial charge is 0.379 e. The van der Waals surface area contributed by atoms with Crippen LogP contribution in [-0.2, 0) is 0 Å². The van der Waals surface area contributed by atoms with E-state index in [-0.39, 0.29) is 11.2 Å². The predicted octanol–water partition coefficient (Wildman–Crippen LogP) is 6.42. The zero-order valence-electron chi connectivity index (χ0n) is 18.0. The topological polar surface area (TPSA) is 55.0 Å². The van der Waals surface area contributed by atoms with E-state index in [4.69, 9.17) is 4.74 Å². The standard InChI is InChI=1S/C25H30N2O2/c1-17-8-11-21(12-9-17)29-24(28)23-26-16-20(27-23)15-18(2)10-13-22-19(3)7-6-14-25(22,4)5/h8-13,15-16H,6-7,14H2,1-5H3,(H,26,27). The van der Waals surface area contributed by atoms with Crippen LogP contribution in [0.4, 0.5) is 0 Å². The Balaban J connectivity index is 1.69. The minimum absolute atomic E-state index is 0.195. The number of aromatic nitrogens is 2. The molecule has 0 saturated carbocycles. The van der Waals surface area contributed by atoms with Crippen LogP contribution < -0.4 is 4.74 Å². The van der Waals surface area contributed by atoms with E-state index in [1.165, 1.54) is 30.4 Å². The highest BCUT2D eigenvalue weighted by atomic mass is 16.5. The molecular formula is C25H30N2O2. The second-order valence-electron chi connectivity index (χ2n) is 8.54. The van der Waals surface area contributed by atoms with Gasteiger partial charge in [0.05, 0.1) is 11.9 Å². The number of allylic oxidation sites excluding steroid dienone is 5. The summed E-state index contributed by atoms with van der Waals surface area (Å²) < 4.78 is 5.36. The number of imidazole rings is 1. The minimum Gasteiger partial charge on any atom is -0.421 e. The number of ether oxygens (including phenoxy) is 1. The molecule has 0 aliphatic heterocycles. The number of aryl methyl sites for hydroxylation is 1. The minimum atomic E-state index is -0.494. The van der Waals surface area contributed by atoms with Crippen molar-refractivity contribution in [3.8, 4) is 5.75 Å². The molecule has 0 spiro atoms. The Morgan fingerprint density at radius 3 is 2.62 bits per heavy atom. The lowest BCUT2D eigenvalue weighted by Crippen LogP contribution is -2.19. The van der Waals surface area contributed by atoms with Crippen LogP contribution in [-0.4, -0.2) is 15.9 Å². The van der Waals surface area contributed by atoms with Gasteiger partial charge in [0, 0.05) is 0 Å². The monoisotopic (exact) mass is 390 g/mol. The summed E-state index contributed by atoms with van der Waals surface area (Å²) in [6, 6.07) is 7.35. The predicted molar refractivity (Wildman–Crippen MR) is 118 cm³/mol. The summed E-state index contributed by atoms with van der Waals surface area (Å²) in [6.07, 6.45) is 11.7. The highest BCUT2D eigenvalue weighted by Gasteiger charge is 2.26. The molecule has 1 aromatic carbocycles. The molecule has 29 heavy (non-hydrogen) atoms. The number of nitrogens with one attached hydrogen (secondary N) is 1. The molecule has 4 heteroatoms. The molecule has 0 fully saturated rings. The van der Waals surface area contributed by atoms with Gasteiger partial charge in [-0.25, -0.2) is 9.78 Å². The van der Waals surface area contributed by atoms with Crippen molar-refractivity contribution < 1.29 is 9.53 Å². The van der Waals surface area contributed by atoms with Crippen LogP contribution >= 0.6 is 0 Å². The van der Waals surface area contributed by atoms with Crippen LogP contribution in [0.2, 0.25) is 0 Å². The zero-order valence-corrected chi connectivity index (χ0v) is 18.0. The Kier molecular flexibility index (Phi) is 6.21. The van der Waals surface area contributed by atoms with Gasteiger partial charge >= 0.3 is 5.97 Å². The number of benzene rings is 1. The lowest BCUT2D eigenvalue weighted by Gasteiger charge is -2.32. The largest absolute Gasteiger partial charge is 0.421 e. The molecule has 1 aliphatic rings. The average Bonchev–Trinajstić information content (AvgIpc) is 3.11. The summed E-state index contributed by atoms with van der Waals surface area (Å²) in [5.74, 6) is 0.207. The number of hydrogen-bond donors (Lipinski definition) is 1. The number of carbonyl (C=O) groups is 1. The van der Waals surface area contributed by atoms with Crippen LogP contribution in [0.25, 0.3) is 6.08 Å². The first-order valence-electron chi connectivity index (χ1n) is 10.1. The Morgan fingerprint density at radius 1 is 1.21 bits per heavy atom. The summed E-state index contributed by atoms with van der Waals surface area (Å²) in [5.41, 5.74) is 6.11. The van der Waals surface area contributed by atoms with Crippen molar-refractivity contribution in [3.63, 3.8) is 0 Å². The number of aromatic amines is 1. The maximum atomic E-state index is 12.3. The molecule has 1 N–H and O–H groups in total. The van der Waals surface area contributed by atoms with E-state index in [2.05, 4.69) is 42.9 Å². The summed E-state index contributed by atoms with van der Waals surface area (Å²) in [7, 11) is 0. The number of hydrogen-bond acceptors (Lipinski definition) is 3. The maximum Gasteiger partial charge on any atom is 0.379 e. The second-order valence-corrected chi connectivity index (χ2v) is 8.54. The molecule has 3 rings (SSSR count). The van der Waals surface area contributed by atoms with E-state index in [1.54, 1.807) is 18.3 Å². The number of nitrogens with zero attached hydrogens (tertiary/aromatic N) is 1. The number of rotatable bonds is 5. The fourth-order valence-electron chi connectivity index (χ4n) is 3.79. The van der Waals surface area contributed by atoms with Gasteiger partial charge < -0.3 is 9.72 Å². The zero-order chi connectivity index (χ0) is 21.0. The highest BCUT2D eigenvalue weighted by Crippen LogP contribution is 2.40. The summed E-state index contributed by atoms with van der Waals surface area (Å²) in [6.45, 7) is 10.9. The van der Waals surface area contributed by atoms with Gasteiger partial charge in [-0.3, -0.25) is 0 Å². The first kappa shape index (κ1) is 20.8. The molecule has 0 bridgehead atoms. The number of carbonyl (C=O) groups excluding carboxylic acids is 1. The van der Waals surface area contributed by atoms with Crippen molar-refractivity contribution in [1.82, 2.24) is 9.97 Å². The normalized spacial score (nSPS) is 17.1. The van der Waals surface area contributed by atoms with Gasteiger partial charge in [0.25, 0.3) is 0 Å². The van der Waals surface area contributed by atoms with E-state index in [0.29, 0.717) is 5.75 Å². The molecule has 1 aliphatic carbocycles. The highest BCUT2D eigenvalue weighted by molar-refractivity contribution is 5.87. The molecule has 0 unspecified atom stereocenters. The summed E-state index contributed by atoms with van der Waals surface area (Å²) >= 11 is 0. The van der Waals surface area contributed by atoms with Gasteiger partial charge in [-0.2, -0.15) is 0 Å². The van der Waals surface area contributed by atoms with Crippen LogP contribution in [0.1, 0.15) is 68.8 Å². The Hall–Kier alpha value is -2.88. The molecule has 2 aromatic rings. The molecule has 0 radical (unpaired) electrons. The fourth-order valence-corrected chi connectivity index (χ4v) is 3.79. The number of esters is 1. The van der Waals surface area contributed by atoms with Gasteiger partial charge in [-0.1, -0.05) is 49.3 Å². The summed E-state index contributed by atoms with van der Waals surface area (Å²) in [4.78, 5) is 19.5. The third kappa shape index (κ3) is 5.35. The Bertz CT molecular complexity index is 973. The molecule has 0 amide bonds. The Labute approximate surface area is 173 Å². The first-order chi connectivity index (χ1) is 13.7. The number of H-pyrrole nitrogens is 1. The lowest BCUT2D eigenvalue weighted by molar-refractivity contribution is 0.0723. The Morgan fingerprint density at radius 2 is 1.93 bits per heavy atom. The van der Waals surface area contributed by atoms with Crippen LogP contribution in [0.3, 0.4) is 0 Å². The molecule has 0 atom stereocenters. The fraction of sp³-hybridized carbons (Fsp3) is 0.360.